The zero-order valence-corrected chi connectivity index (χ0v) is 5.55. The molecule has 1 aliphatic heterocycles. The normalized spacial score (nSPS) is 18.6. The van der Waals surface area contributed by atoms with E-state index in [4.69, 9.17) is 17.4 Å². The van der Waals surface area contributed by atoms with Crippen LogP contribution in [0.15, 0.2) is 4.99 Å². The van der Waals surface area contributed by atoms with Gasteiger partial charge in [0.05, 0.1) is 5.75 Å². The number of hydrogen-bond donors (Lipinski definition) is 2. The fourth-order valence-corrected chi connectivity index (χ4v) is 1.26. The van der Waals surface area contributed by atoms with Crippen LogP contribution in [0.25, 0.3) is 0 Å². The molecule has 0 fully saturated rings. The number of amidine groups is 1. The van der Waals surface area contributed by atoms with Gasteiger partial charge in [-0.05, 0) is 0 Å². The lowest BCUT2D eigenvalue weighted by Gasteiger charge is -1.88. The summed E-state index contributed by atoms with van der Waals surface area (Å²) >= 11 is 6.10. The van der Waals surface area contributed by atoms with Crippen LogP contribution in [0.1, 0.15) is 0 Å². The molecule has 5 heteroatoms. The van der Waals surface area contributed by atoms with E-state index in [1.807, 2.05) is 5.48 Å². The first kappa shape index (κ1) is 6.00. The van der Waals surface area contributed by atoms with Crippen LogP contribution < -0.4 is 5.48 Å². The molecule has 1 aliphatic rings. The summed E-state index contributed by atoms with van der Waals surface area (Å²) in [6.07, 6.45) is 0. The molecule has 2 N–H and O–H groups in total. The zero-order chi connectivity index (χ0) is 5.98. The molecule has 1 rings (SSSR count). The molecular formula is C3H4N2OS2. The second kappa shape index (κ2) is 2.43. The van der Waals surface area contributed by atoms with Gasteiger partial charge in [0.1, 0.15) is 4.99 Å². The molecule has 0 bridgehead atoms. The SMILES string of the molecule is ONC1=NC(=S)CS1. The van der Waals surface area contributed by atoms with Crippen LogP contribution in [0.3, 0.4) is 0 Å². The van der Waals surface area contributed by atoms with Gasteiger partial charge in [0.25, 0.3) is 0 Å². The monoisotopic (exact) mass is 148 g/mol. The minimum absolute atomic E-state index is 0.495. The smallest absolute Gasteiger partial charge is 0.186 e. The first-order chi connectivity index (χ1) is 3.83. The third kappa shape index (κ3) is 1.18. The fourth-order valence-electron chi connectivity index (χ4n) is 0.365. The molecular weight excluding hydrogens is 144 g/mol. The summed E-state index contributed by atoms with van der Waals surface area (Å²) in [7, 11) is 0. The van der Waals surface area contributed by atoms with Crippen LogP contribution in [-0.4, -0.2) is 21.1 Å². The average molecular weight is 148 g/mol. The Labute approximate surface area is 56.1 Å². The Morgan fingerprint density at radius 3 is 2.88 bits per heavy atom. The molecule has 0 atom stereocenters. The van der Waals surface area contributed by atoms with Crippen LogP contribution in [0.2, 0.25) is 0 Å². The Bertz CT molecular complexity index is 144. The molecule has 0 saturated heterocycles. The van der Waals surface area contributed by atoms with Gasteiger partial charge in [-0.1, -0.05) is 24.0 Å². The van der Waals surface area contributed by atoms with Crippen molar-refractivity contribution in [2.45, 2.75) is 0 Å². The van der Waals surface area contributed by atoms with Gasteiger partial charge in [-0.15, -0.1) is 0 Å². The maximum atomic E-state index is 8.22. The van der Waals surface area contributed by atoms with Crippen molar-refractivity contribution in [2.75, 3.05) is 5.75 Å². The van der Waals surface area contributed by atoms with Gasteiger partial charge in [0, 0.05) is 0 Å². The van der Waals surface area contributed by atoms with Crippen molar-refractivity contribution in [3.8, 4) is 0 Å². The van der Waals surface area contributed by atoms with Gasteiger partial charge in [0.2, 0.25) is 0 Å². The minimum Gasteiger partial charge on any atom is -0.289 e. The van der Waals surface area contributed by atoms with Gasteiger partial charge < -0.3 is 0 Å². The Morgan fingerprint density at radius 2 is 2.62 bits per heavy atom. The maximum Gasteiger partial charge on any atom is 0.186 e. The summed E-state index contributed by atoms with van der Waals surface area (Å²) in [6, 6.07) is 0. The number of rotatable bonds is 0. The number of hydroxylamine groups is 1. The van der Waals surface area contributed by atoms with E-state index in [0.717, 1.165) is 0 Å². The van der Waals surface area contributed by atoms with Crippen molar-refractivity contribution in [3.63, 3.8) is 0 Å². The molecule has 0 aromatic heterocycles. The van der Waals surface area contributed by atoms with E-state index in [9.17, 15) is 0 Å². The lowest BCUT2D eigenvalue weighted by Crippen LogP contribution is -2.12. The highest BCUT2D eigenvalue weighted by Crippen LogP contribution is 2.10. The van der Waals surface area contributed by atoms with E-state index in [0.29, 0.717) is 15.9 Å². The van der Waals surface area contributed by atoms with Crippen molar-refractivity contribution in [1.82, 2.24) is 5.48 Å². The van der Waals surface area contributed by atoms with E-state index in [1.54, 1.807) is 0 Å². The zero-order valence-electron chi connectivity index (χ0n) is 3.92. The third-order valence-electron chi connectivity index (χ3n) is 0.654. The van der Waals surface area contributed by atoms with Crippen LogP contribution in [-0.2, 0) is 0 Å². The molecule has 0 amide bonds. The Morgan fingerprint density at radius 1 is 1.88 bits per heavy atom. The molecule has 1 heterocycles. The maximum absolute atomic E-state index is 8.22. The van der Waals surface area contributed by atoms with E-state index >= 15 is 0 Å². The number of nitrogens with one attached hydrogen (secondary N) is 1. The molecule has 3 nitrogen and oxygen atoms in total. The highest BCUT2D eigenvalue weighted by Gasteiger charge is 2.09. The Kier molecular flexibility index (Phi) is 1.82. The first-order valence-corrected chi connectivity index (χ1v) is 3.37. The molecule has 0 aliphatic carbocycles. The molecule has 0 aromatic rings. The number of nitrogens with zero attached hydrogens (tertiary/aromatic N) is 1. The van der Waals surface area contributed by atoms with Crippen LogP contribution in [0.4, 0.5) is 0 Å². The lowest BCUT2D eigenvalue weighted by molar-refractivity contribution is 0.238. The summed E-state index contributed by atoms with van der Waals surface area (Å²) in [5.41, 5.74) is 1.92. The predicted molar refractivity (Wildman–Crippen MR) is 37.4 cm³/mol. The summed E-state index contributed by atoms with van der Waals surface area (Å²) in [5.74, 6) is 0.707. The van der Waals surface area contributed by atoms with Gasteiger partial charge in [0.15, 0.2) is 5.17 Å². The summed E-state index contributed by atoms with van der Waals surface area (Å²) in [6.45, 7) is 0. The molecule has 0 unspecified atom stereocenters. The van der Waals surface area contributed by atoms with Crippen molar-refractivity contribution in [1.29, 1.82) is 0 Å². The van der Waals surface area contributed by atoms with Gasteiger partial charge in [-0.3, -0.25) is 5.21 Å². The topological polar surface area (TPSA) is 44.6 Å². The molecule has 0 saturated carbocycles. The van der Waals surface area contributed by atoms with Gasteiger partial charge in [-0.2, -0.15) is 0 Å². The quantitative estimate of drug-likeness (QED) is 0.385. The van der Waals surface area contributed by atoms with Crippen molar-refractivity contribution < 1.29 is 5.21 Å². The Hall–Kier alpha value is -0.130. The second-order valence-corrected chi connectivity index (χ2v) is 2.65. The van der Waals surface area contributed by atoms with E-state index in [-0.39, 0.29) is 0 Å². The van der Waals surface area contributed by atoms with Crippen molar-refractivity contribution in [3.05, 3.63) is 0 Å². The van der Waals surface area contributed by atoms with Crippen molar-refractivity contribution >= 4 is 34.1 Å². The van der Waals surface area contributed by atoms with E-state index in [1.165, 1.54) is 11.8 Å². The molecule has 0 spiro atoms. The third-order valence-corrected chi connectivity index (χ3v) is 1.95. The number of hydrogen-bond acceptors (Lipinski definition) is 4. The average Bonchev–Trinajstić information content (AvgIpc) is 2.14. The fraction of sp³-hybridized carbons (Fsp3) is 0.333. The van der Waals surface area contributed by atoms with Gasteiger partial charge >= 0.3 is 0 Å². The van der Waals surface area contributed by atoms with Crippen LogP contribution >= 0.6 is 24.0 Å². The molecule has 0 aromatic carbocycles. The molecule has 44 valence electrons. The second-order valence-electron chi connectivity index (χ2n) is 1.21. The summed E-state index contributed by atoms with van der Waals surface area (Å²) in [4.78, 5) is 4.39. The lowest BCUT2D eigenvalue weighted by atomic mass is 10.8. The summed E-state index contributed by atoms with van der Waals surface area (Å²) in [5, 5.41) is 8.72. The number of aliphatic imine (C=N–C) groups is 1. The largest absolute Gasteiger partial charge is 0.289 e. The molecule has 0 radical (unpaired) electrons. The standard InChI is InChI=1S/C3H4N2OS2/c6-5-3-4-2(7)1-8-3/h6H,1H2,(H,4,5,7). The predicted octanol–water partition coefficient (Wildman–Crippen LogP) is 0.395. The number of thiocarbonyl (C=S) groups is 1. The van der Waals surface area contributed by atoms with E-state index in [2.05, 4.69) is 4.99 Å². The van der Waals surface area contributed by atoms with Crippen LogP contribution in [0, 0.1) is 0 Å². The number of thioether (sulfide) groups is 1. The van der Waals surface area contributed by atoms with E-state index < -0.39 is 0 Å². The van der Waals surface area contributed by atoms with Crippen molar-refractivity contribution in [2.24, 2.45) is 4.99 Å². The highest BCUT2D eigenvalue weighted by atomic mass is 32.2. The first-order valence-electron chi connectivity index (χ1n) is 1.97. The Balaban J connectivity index is 2.57. The molecule has 8 heavy (non-hydrogen) atoms. The highest BCUT2D eigenvalue weighted by molar-refractivity contribution is 8.15. The van der Waals surface area contributed by atoms with Crippen LogP contribution in [0.5, 0.6) is 0 Å². The van der Waals surface area contributed by atoms with Gasteiger partial charge in [-0.25, -0.2) is 10.5 Å². The minimum atomic E-state index is 0.495. The summed E-state index contributed by atoms with van der Waals surface area (Å²) < 4.78 is 0.